The minimum Gasteiger partial charge on any atom is -0.432 e. The number of hydrogen-bond donors (Lipinski definition) is 0. The summed E-state index contributed by atoms with van der Waals surface area (Å²) in [6.45, 7) is 3.53. The number of hydrogen-bond acceptors (Lipinski definition) is 5. The Morgan fingerprint density at radius 3 is 1.94 bits per heavy atom. The normalized spacial score (nSPS) is 14.2. The van der Waals surface area contributed by atoms with Gasteiger partial charge in [-0.1, -0.05) is 29.0 Å². The number of rotatable bonds is 3. The van der Waals surface area contributed by atoms with Crippen molar-refractivity contribution in [3.05, 3.63) is 58.7 Å². The van der Waals surface area contributed by atoms with Gasteiger partial charge in [0.05, 0.1) is 0 Å². The largest absolute Gasteiger partial charge is 0.533 e. The van der Waals surface area contributed by atoms with Crippen LogP contribution in [0, 0.1) is 23.7 Å². The molecule has 0 atom stereocenters. The van der Waals surface area contributed by atoms with E-state index in [0.717, 1.165) is 33.4 Å². The van der Waals surface area contributed by atoms with Gasteiger partial charge in [0.15, 0.2) is 0 Å². The number of nitrogens with zero attached hydrogens (tertiary/aromatic N) is 1. The summed E-state index contributed by atoms with van der Waals surface area (Å²) >= 11 is 0. The zero-order chi connectivity index (χ0) is 22.0. The number of carbonyl (C=O) groups is 3. The van der Waals surface area contributed by atoms with Gasteiger partial charge in [0.1, 0.15) is 6.61 Å². The van der Waals surface area contributed by atoms with Gasteiger partial charge in [-0.2, -0.15) is 0 Å². The number of imide groups is 1. The summed E-state index contributed by atoms with van der Waals surface area (Å²) in [6, 6.07) is 11.9. The van der Waals surface area contributed by atoms with E-state index in [-0.39, 0.29) is 25.4 Å². The highest BCUT2D eigenvalue weighted by atomic mass is 16.8. The van der Waals surface area contributed by atoms with Crippen molar-refractivity contribution in [2.75, 3.05) is 6.61 Å². The van der Waals surface area contributed by atoms with Gasteiger partial charge in [-0.05, 0) is 60.4 Å². The molecule has 0 radical (unpaired) electrons. The Morgan fingerprint density at radius 2 is 1.45 bits per heavy atom. The van der Waals surface area contributed by atoms with Crippen LogP contribution in [0.4, 0.5) is 4.79 Å². The van der Waals surface area contributed by atoms with Crippen LogP contribution in [0.15, 0.2) is 36.4 Å². The predicted octanol–water partition coefficient (Wildman–Crippen LogP) is 3.76. The number of ether oxygens (including phenoxy) is 1. The third-order valence-electron chi connectivity index (χ3n) is 5.22. The van der Waals surface area contributed by atoms with Crippen molar-refractivity contribution in [2.24, 2.45) is 0 Å². The molecule has 0 N–H and O–H groups in total. The van der Waals surface area contributed by atoms with E-state index >= 15 is 0 Å². The molecule has 31 heavy (non-hydrogen) atoms. The van der Waals surface area contributed by atoms with E-state index in [1.807, 2.05) is 36.4 Å². The summed E-state index contributed by atoms with van der Waals surface area (Å²) in [6.07, 6.45) is -1.04. The molecule has 0 saturated carbocycles. The number of benzene rings is 2. The quantitative estimate of drug-likeness (QED) is 0.435. The molecule has 154 valence electrons. The molecule has 1 fully saturated rings. The summed E-state index contributed by atoms with van der Waals surface area (Å²) in [5.41, 5.74) is 5.78. The zero-order valence-electron chi connectivity index (χ0n) is 17.2. The van der Waals surface area contributed by atoms with E-state index < -0.39 is 18.0 Å². The van der Waals surface area contributed by atoms with Crippen molar-refractivity contribution >= 4 is 18.0 Å². The van der Waals surface area contributed by atoms with Crippen LogP contribution in [0.3, 0.4) is 0 Å². The summed E-state index contributed by atoms with van der Waals surface area (Å²) in [7, 11) is 0. The smallest absolute Gasteiger partial charge is 0.432 e. The van der Waals surface area contributed by atoms with E-state index in [1.54, 1.807) is 13.8 Å². The molecule has 0 aromatic heterocycles. The highest BCUT2D eigenvalue weighted by molar-refractivity contribution is 6.01. The second kappa shape index (κ2) is 8.38. The van der Waals surface area contributed by atoms with Crippen LogP contribution >= 0.6 is 0 Å². The van der Waals surface area contributed by atoms with Crippen LogP contribution in [0.5, 0.6) is 0 Å². The molecule has 6 nitrogen and oxygen atoms in total. The van der Waals surface area contributed by atoms with E-state index in [4.69, 9.17) is 9.57 Å². The fraction of sp³-hybridized carbons (Fsp3) is 0.240. The van der Waals surface area contributed by atoms with Crippen LogP contribution in [0.1, 0.15) is 54.9 Å². The Morgan fingerprint density at radius 1 is 0.935 bits per heavy atom. The Hall–Kier alpha value is -4.03. The molecule has 2 aromatic carbocycles. The van der Waals surface area contributed by atoms with Gasteiger partial charge in [0.2, 0.25) is 0 Å². The van der Waals surface area contributed by atoms with E-state index in [2.05, 4.69) is 23.7 Å². The van der Waals surface area contributed by atoms with Crippen molar-refractivity contribution in [1.29, 1.82) is 0 Å². The van der Waals surface area contributed by atoms with Crippen molar-refractivity contribution in [2.45, 2.75) is 32.6 Å². The summed E-state index contributed by atoms with van der Waals surface area (Å²) in [4.78, 5) is 40.3. The van der Waals surface area contributed by atoms with Gasteiger partial charge in [0, 0.05) is 29.9 Å². The zero-order valence-corrected chi connectivity index (χ0v) is 17.2. The van der Waals surface area contributed by atoms with Crippen LogP contribution < -0.4 is 0 Å². The second-order valence-electron chi connectivity index (χ2n) is 7.14. The van der Waals surface area contributed by atoms with E-state index in [9.17, 15) is 14.4 Å². The maximum atomic E-state index is 12.2. The van der Waals surface area contributed by atoms with Crippen LogP contribution in [-0.4, -0.2) is 29.6 Å². The molecule has 0 spiro atoms. The molecule has 1 heterocycles. The van der Waals surface area contributed by atoms with E-state index in [0.29, 0.717) is 5.06 Å². The molecule has 2 aliphatic rings. The lowest BCUT2D eigenvalue weighted by Gasteiger charge is -2.16. The standard InChI is InChI=1S/C25H19NO5/c1-3-5-16-7-9-18-19-10-8-17(6-4-2)14-21(19)22(20(18)13-16)15-30-25(29)31-26-23(27)11-12-24(26)28/h7-10,13-14,22H,11-12,15H2,1-2H3. The summed E-state index contributed by atoms with van der Waals surface area (Å²) in [5, 5.41) is 0.475. The first-order chi connectivity index (χ1) is 15.0. The topological polar surface area (TPSA) is 72.9 Å². The maximum Gasteiger partial charge on any atom is 0.533 e. The van der Waals surface area contributed by atoms with Crippen LogP contribution in [-0.2, 0) is 19.2 Å². The van der Waals surface area contributed by atoms with E-state index in [1.165, 1.54) is 0 Å². The second-order valence-corrected chi connectivity index (χ2v) is 7.14. The predicted molar refractivity (Wildman–Crippen MR) is 112 cm³/mol. The fourth-order valence-electron chi connectivity index (χ4n) is 3.89. The monoisotopic (exact) mass is 413 g/mol. The molecular weight excluding hydrogens is 394 g/mol. The molecule has 2 amide bonds. The van der Waals surface area contributed by atoms with Crippen LogP contribution in [0.25, 0.3) is 11.1 Å². The van der Waals surface area contributed by atoms with Gasteiger partial charge < -0.3 is 4.74 Å². The minimum atomic E-state index is -1.09. The van der Waals surface area contributed by atoms with Gasteiger partial charge >= 0.3 is 6.16 Å². The highest BCUT2D eigenvalue weighted by Crippen LogP contribution is 2.45. The molecule has 6 heteroatoms. The lowest BCUT2D eigenvalue weighted by molar-refractivity contribution is -0.177. The molecular formula is C25H19NO5. The number of amides is 2. The Kier molecular flexibility index (Phi) is 5.47. The van der Waals surface area contributed by atoms with Crippen molar-refractivity contribution < 1.29 is 24.0 Å². The maximum absolute atomic E-state index is 12.2. The fourth-order valence-corrected chi connectivity index (χ4v) is 3.89. The average molecular weight is 413 g/mol. The number of fused-ring (bicyclic) bond motifs is 3. The first-order valence-corrected chi connectivity index (χ1v) is 9.86. The lowest BCUT2D eigenvalue weighted by atomic mass is 9.95. The molecule has 1 aliphatic carbocycles. The lowest BCUT2D eigenvalue weighted by Crippen LogP contribution is -2.32. The molecule has 2 aromatic rings. The van der Waals surface area contributed by atoms with Crippen molar-refractivity contribution in [3.63, 3.8) is 0 Å². The molecule has 1 saturated heterocycles. The van der Waals surface area contributed by atoms with Crippen LogP contribution in [0.2, 0.25) is 0 Å². The average Bonchev–Trinajstić information content (AvgIpc) is 3.23. The van der Waals surface area contributed by atoms with Gasteiger partial charge in [-0.25, -0.2) is 4.79 Å². The minimum absolute atomic E-state index is 0.0128. The Balaban J connectivity index is 1.61. The summed E-state index contributed by atoms with van der Waals surface area (Å²) in [5.74, 6) is 10.5. The summed E-state index contributed by atoms with van der Waals surface area (Å²) < 4.78 is 5.32. The number of hydroxylamine groups is 2. The van der Waals surface area contributed by atoms with Crippen molar-refractivity contribution in [3.8, 4) is 34.8 Å². The molecule has 0 bridgehead atoms. The molecule has 1 aliphatic heterocycles. The SMILES string of the molecule is CC#Cc1ccc2c(c1)C(COC(=O)ON1C(=O)CCC1=O)c1cc(C#CC)ccc1-2. The third-order valence-corrected chi connectivity index (χ3v) is 5.22. The van der Waals surface area contributed by atoms with Gasteiger partial charge in [0.25, 0.3) is 11.8 Å². The first kappa shape index (κ1) is 20.3. The van der Waals surface area contributed by atoms with Gasteiger partial charge in [-0.15, -0.1) is 11.8 Å². The van der Waals surface area contributed by atoms with Gasteiger partial charge in [-0.3, -0.25) is 14.4 Å². The molecule has 4 rings (SSSR count). The number of carbonyl (C=O) groups excluding carboxylic acids is 3. The Bertz CT molecular complexity index is 1140. The molecule has 0 unspecified atom stereocenters. The highest BCUT2D eigenvalue weighted by Gasteiger charge is 2.35. The first-order valence-electron chi connectivity index (χ1n) is 9.86. The Labute approximate surface area is 180 Å². The van der Waals surface area contributed by atoms with Crippen molar-refractivity contribution in [1.82, 2.24) is 5.06 Å². The third kappa shape index (κ3) is 3.89.